The van der Waals surface area contributed by atoms with Gasteiger partial charge in [-0.1, -0.05) is 35.5 Å². The van der Waals surface area contributed by atoms with Crippen molar-refractivity contribution in [2.45, 2.75) is 51.1 Å². The van der Waals surface area contributed by atoms with Crippen molar-refractivity contribution in [1.82, 2.24) is 24.8 Å². The third-order valence-electron chi connectivity index (χ3n) is 5.29. The summed E-state index contributed by atoms with van der Waals surface area (Å²) in [6.45, 7) is 6.26. The third-order valence-corrected chi connectivity index (χ3v) is 5.29. The highest BCUT2D eigenvalue weighted by molar-refractivity contribution is 5.77. The molecule has 1 fully saturated rings. The first-order valence-electron chi connectivity index (χ1n) is 9.54. The van der Waals surface area contributed by atoms with E-state index in [0.29, 0.717) is 24.6 Å². The van der Waals surface area contributed by atoms with Crippen molar-refractivity contribution in [1.29, 1.82) is 0 Å². The van der Waals surface area contributed by atoms with E-state index < -0.39 is 0 Å². The molecule has 4 rings (SSSR count). The van der Waals surface area contributed by atoms with Crippen LogP contribution in [0.15, 0.2) is 47.2 Å². The van der Waals surface area contributed by atoms with Gasteiger partial charge in [-0.2, -0.15) is 10.1 Å². The van der Waals surface area contributed by atoms with Gasteiger partial charge in [0, 0.05) is 19.7 Å². The zero-order chi connectivity index (χ0) is 19.9. The normalized spacial score (nSPS) is 20.6. The first-order valence-corrected chi connectivity index (χ1v) is 9.54. The Labute approximate surface area is 164 Å². The minimum Gasteiger partial charge on any atom is -0.339 e. The van der Waals surface area contributed by atoms with E-state index in [0.717, 1.165) is 11.1 Å². The summed E-state index contributed by atoms with van der Waals surface area (Å²) in [4.78, 5) is 18.8. The maximum Gasteiger partial charge on any atom is 0.232 e. The van der Waals surface area contributed by atoms with Crippen molar-refractivity contribution < 1.29 is 9.32 Å². The molecule has 1 aliphatic heterocycles. The quantitative estimate of drug-likeness (QED) is 0.692. The molecule has 2 aromatic heterocycles. The van der Waals surface area contributed by atoms with E-state index in [4.69, 9.17) is 4.52 Å². The number of aromatic nitrogens is 4. The lowest BCUT2D eigenvalue weighted by atomic mass is 9.84. The molecule has 0 aliphatic carbocycles. The van der Waals surface area contributed by atoms with Crippen LogP contribution in [0.5, 0.6) is 0 Å². The predicted octanol–water partition coefficient (Wildman–Crippen LogP) is 3.77. The molecule has 3 heterocycles. The van der Waals surface area contributed by atoms with Crippen molar-refractivity contribution in [3.05, 3.63) is 54.2 Å². The molecule has 1 aliphatic rings. The van der Waals surface area contributed by atoms with Crippen molar-refractivity contribution in [3.63, 3.8) is 0 Å². The molecule has 7 heteroatoms. The van der Waals surface area contributed by atoms with Gasteiger partial charge in [-0.3, -0.25) is 9.48 Å². The topological polar surface area (TPSA) is 77.1 Å². The number of benzene rings is 1. The van der Waals surface area contributed by atoms with E-state index in [1.54, 1.807) is 11.1 Å². The highest BCUT2D eigenvalue weighted by Crippen LogP contribution is 2.42. The van der Waals surface area contributed by atoms with Crippen LogP contribution < -0.4 is 0 Å². The zero-order valence-electron chi connectivity index (χ0n) is 16.7. The van der Waals surface area contributed by atoms with Crippen LogP contribution in [-0.2, 0) is 10.3 Å². The standard InChI is InChI=1S/C21H25N5O2/c1-21(2,3)26-13-15(12-22-26)19-23-20(28-24-19)16-10-11-17(27)25(4)18(16)14-8-6-5-7-9-14/h5-9,12-13,16,18H,10-11H2,1-4H3. The molecule has 7 nitrogen and oxygen atoms in total. The van der Waals surface area contributed by atoms with Gasteiger partial charge in [0.2, 0.25) is 17.6 Å². The number of amides is 1. The zero-order valence-corrected chi connectivity index (χ0v) is 16.7. The summed E-state index contributed by atoms with van der Waals surface area (Å²) in [6.07, 6.45) is 4.85. The van der Waals surface area contributed by atoms with E-state index in [9.17, 15) is 4.79 Å². The molecule has 0 bridgehead atoms. The van der Waals surface area contributed by atoms with Crippen molar-refractivity contribution in [2.75, 3.05) is 7.05 Å². The van der Waals surface area contributed by atoms with Gasteiger partial charge in [0.1, 0.15) is 0 Å². The Morgan fingerprint density at radius 3 is 2.61 bits per heavy atom. The Bertz CT molecular complexity index is 970. The highest BCUT2D eigenvalue weighted by atomic mass is 16.5. The van der Waals surface area contributed by atoms with Gasteiger partial charge in [0.25, 0.3) is 0 Å². The molecule has 28 heavy (non-hydrogen) atoms. The van der Waals surface area contributed by atoms with E-state index in [1.165, 1.54) is 0 Å². The first kappa shape index (κ1) is 18.4. The van der Waals surface area contributed by atoms with Gasteiger partial charge in [0.15, 0.2) is 0 Å². The lowest BCUT2D eigenvalue weighted by Gasteiger charge is -2.37. The Kier molecular flexibility index (Phi) is 4.53. The van der Waals surface area contributed by atoms with E-state index in [-0.39, 0.29) is 23.4 Å². The van der Waals surface area contributed by atoms with E-state index >= 15 is 0 Å². The Balaban J connectivity index is 1.66. The van der Waals surface area contributed by atoms with Gasteiger partial charge >= 0.3 is 0 Å². The Hall–Kier alpha value is -2.96. The fourth-order valence-electron chi connectivity index (χ4n) is 3.71. The summed E-state index contributed by atoms with van der Waals surface area (Å²) in [5, 5.41) is 8.60. The number of hydrogen-bond acceptors (Lipinski definition) is 5. The Morgan fingerprint density at radius 1 is 1.18 bits per heavy atom. The van der Waals surface area contributed by atoms with Crippen molar-refractivity contribution in [2.24, 2.45) is 0 Å². The molecule has 0 N–H and O–H groups in total. The van der Waals surface area contributed by atoms with E-state index in [1.807, 2.05) is 48.3 Å². The summed E-state index contributed by atoms with van der Waals surface area (Å²) in [6, 6.07) is 9.90. The molecule has 3 aromatic rings. The molecule has 1 amide bonds. The van der Waals surface area contributed by atoms with Crippen LogP contribution >= 0.6 is 0 Å². The average Bonchev–Trinajstić information content (AvgIpc) is 3.33. The molecular weight excluding hydrogens is 354 g/mol. The SMILES string of the molecule is CN1C(=O)CCC(c2nc(-c3cnn(C(C)(C)C)c3)no2)C1c1ccccc1. The summed E-state index contributed by atoms with van der Waals surface area (Å²) in [5.41, 5.74) is 1.78. The average molecular weight is 379 g/mol. The summed E-state index contributed by atoms with van der Waals surface area (Å²) < 4.78 is 7.54. The molecule has 2 unspecified atom stereocenters. The largest absolute Gasteiger partial charge is 0.339 e. The fourth-order valence-corrected chi connectivity index (χ4v) is 3.71. The molecule has 1 aromatic carbocycles. The molecule has 2 atom stereocenters. The molecule has 1 saturated heterocycles. The van der Waals surface area contributed by atoms with Crippen LogP contribution in [0.2, 0.25) is 0 Å². The molecule has 0 saturated carbocycles. The first-order chi connectivity index (χ1) is 13.3. The van der Waals surface area contributed by atoms with Gasteiger partial charge in [-0.15, -0.1) is 0 Å². The molecule has 146 valence electrons. The summed E-state index contributed by atoms with van der Waals surface area (Å²) in [7, 11) is 1.84. The minimum atomic E-state index is -0.118. The van der Waals surface area contributed by atoms with Crippen LogP contribution in [0, 0.1) is 0 Å². The van der Waals surface area contributed by atoms with Gasteiger partial charge < -0.3 is 9.42 Å². The smallest absolute Gasteiger partial charge is 0.232 e. The molecule has 0 spiro atoms. The van der Waals surface area contributed by atoms with Crippen LogP contribution in [0.4, 0.5) is 0 Å². The number of hydrogen-bond donors (Lipinski definition) is 0. The Morgan fingerprint density at radius 2 is 1.93 bits per heavy atom. The van der Waals surface area contributed by atoms with Crippen molar-refractivity contribution >= 4 is 5.91 Å². The lowest BCUT2D eigenvalue weighted by molar-refractivity contribution is -0.135. The van der Waals surface area contributed by atoms with Crippen LogP contribution in [0.1, 0.15) is 57.0 Å². The number of piperidine rings is 1. The maximum absolute atomic E-state index is 12.3. The number of nitrogens with zero attached hydrogens (tertiary/aromatic N) is 5. The number of rotatable bonds is 3. The second-order valence-corrected chi connectivity index (χ2v) is 8.31. The van der Waals surface area contributed by atoms with Gasteiger partial charge in [-0.05, 0) is 32.8 Å². The van der Waals surface area contributed by atoms with Gasteiger partial charge in [-0.25, -0.2) is 0 Å². The van der Waals surface area contributed by atoms with E-state index in [2.05, 4.69) is 36.0 Å². The third kappa shape index (κ3) is 3.32. The fraction of sp³-hybridized carbons (Fsp3) is 0.429. The number of carbonyl (C=O) groups is 1. The van der Waals surface area contributed by atoms with Crippen LogP contribution in [-0.4, -0.2) is 37.8 Å². The van der Waals surface area contributed by atoms with Crippen molar-refractivity contribution in [3.8, 4) is 11.4 Å². The number of carbonyl (C=O) groups excluding carboxylic acids is 1. The van der Waals surface area contributed by atoms with Crippen LogP contribution in [0.25, 0.3) is 11.4 Å². The molecular formula is C21H25N5O2. The monoisotopic (exact) mass is 379 g/mol. The number of likely N-dealkylation sites (tertiary alicyclic amines) is 1. The maximum atomic E-state index is 12.3. The van der Waals surface area contributed by atoms with Crippen LogP contribution in [0.3, 0.4) is 0 Å². The lowest BCUT2D eigenvalue weighted by Crippen LogP contribution is -2.39. The van der Waals surface area contributed by atoms with Gasteiger partial charge in [0.05, 0.1) is 29.3 Å². The number of likely N-dealkylation sites (N-methyl/N-ethyl adjacent to an activating group) is 1. The molecule has 0 radical (unpaired) electrons. The predicted molar refractivity (Wildman–Crippen MR) is 104 cm³/mol. The highest BCUT2D eigenvalue weighted by Gasteiger charge is 2.38. The minimum absolute atomic E-state index is 0.0380. The summed E-state index contributed by atoms with van der Waals surface area (Å²) >= 11 is 0. The second-order valence-electron chi connectivity index (χ2n) is 8.31. The second kappa shape index (κ2) is 6.89. The summed E-state index contributed by atoms with van der Waals surface area (Å²) in [5.74, 6) is 1.18.